The average Bonchev–Trinajstić information content (AvgIpc) is 2.73. The average molecular weight is 360 g/mol. The van der Waals surface area contributed by atoms with Gasteiger partial charge in [-0.15, -0.1) is 11.3 Å². The maximum Gasteiger partial charge on any atom is 0.134 e. The van der Waals surface area contributed by atoms with Gasteiger partial charge < -0.3 is 5.32 Å². The van der Waals surface area contributed by atoms with E-state index in [0.717, 1.165) is 14.2 Å². The van der Waals surface area contributed by atoms with E-state index in [1.54, 1.807) is 6.92 Å². The lowest BCUT2D eigenvalue weighted by Gasteiger charge is -2.19. The number of hydrogen-bond donors (Lipinski definition) is 1. The van der Waals surface area contributed by atoms with Gasteiger partial charge in [-0.2, -0.15) is 0 Å². The van der Waals surface area contributed by atoms with Crippen LogP contribution in [0.1, 0.15) is 33.8 Å². The van der Waals surface area contributed by atoms with Crippen molar-refractivity contribution in [3.05, 3.63) is 55.2 Å². The molecule has 0 saturated carbocycles. The number of thiophene rings is 1. The molecule has 0 aliphatic rings. The maximum absolute atomic E-state index is 14.3. The van der Waals surface area contributed by atoms with Crippen LogP contribution in [0.4, 0.5) is 8.78 Å². The van der Waals surface area contributed by atoms with Gasteiger partial charge in [0, 0.05) is 19.8 Å². The molecule has 20 heavy (non-hydrogen) atoms. The van der Waals surface area contributed by atoms with E-state index in [2.05, 4.69) is 21.2 Å². The smallest absolute Gasteiger partial charge is 0.134 e. The van der Waals surface area contributed by atoms with Crippen molar-refractivity contribution in [2.24, 2.45) is 0 Å². The van der Waals surface area contributed by atoms with E-state index in [9.17, 15) is 8.78 Å². The molecule has 2 rings (SSSR count). The minimum atomic E-state index is -0.513. The summed E-state index contributed by atoms with van der Waals surface area (Å²) >= 11 is 4.99. The van der Waals surface area contributed by atoms with E-state index in [1.165, 1.54) is 23.5 Å². The second-order valence-electron chi connectivity index (χ2n) is 4.64. The van der Waals surface area contributed by atoms with Gasteiger partial charge >= 0.3 is 0 Å². The first-order valence-electron chi connectivity index (χ1n) is 6.39. The van der Waals surface area contributed by atoms with E-state index in [1.807, 2.05) is 19.9 Å². The molecule has 0 radical (unpaired) electrons. The quantitative estimate of drug-likeness (QED) is 0.800. The van der Waals surface area contributed by atoms with Crippen LogP contribution in [0, 0.1) is 25.5 Å². The van der Waals surface area contributed by atoms with Gasteiger partial charge in [0.25, 0.3) is 0 Å². The first-order chi connectivity index (χ1) is 9.45. The van der Waals surface area contributed by atoms with Crippen molar-refractivity contribution in [1.82, 2.24) is 5.32 Å². The van der Waals surface area contributed by atoms with E-state index in [0.29, 0.717) is 12.1 Å². The molecule has 2 aromatic rings. The summed E-state index contributed by atoms with van der Waals surface area (Å²) in [5.74, 6) is -0.987. The van der Waals surface area contributed by atoms with Crippen LogP contribution in [0.15, 0.2) is 22.7 Å². The highest BCUT2D eigenvalue weighted by molar-refractivity contribution is 9.10. The zero-order valence-electron chi connectivity index (χ0n) is 11.6. The largest absolute Gasteiger partial charge is 0.306 e. The SMILES string of the molecule is CCNC(c1cc(Br)c(C)s1)c1c(F)ccc(C)c1F. The fraction of sp³-hybridized carbons (Fsp3) is 0.333. The van der Waals surface area contributed by atoms with E-state index < -0.39 is 17.7 Å². The summed E-state index contributed by atoms with van der Waals surface area (Å²) in [6.45, 7) is 6.18. The molecule has 5 heteroatoms. The number of aryl methyl sites for hydroxylation is 2. The van der Waals surface area contributed by atoms with Crippen molar-refractivity contribution in [1.29, 1.82) is 0 Å². The topological polar surface area (TPSA) is 12.0 Å². The third kappa shape index (κ3) is 2.95. The van der Waals surface area contributed by atoms with Crippen LogP contribution in [-0.2, 0) is 0 Å². The zero-order chi connectivity index (χ0) is 14.9. The Hall–Kier alpha value is -0.780. The van der Waals surface area contributed by atoms with Gasteiger partial charge in [0.15, 0.2) is 0 Å². The molecule has 0 spiro atoms. The molecule has 1 aromatic carbocycles. The van der Waals surface area contributed by atoms with Crippen LogP contribution in [0.3, 0.4) is 0 Å². The van der Waals surface area contributed by atoms with Gasteiger partial charge in [0.1, 0.15) is 11.6 Å². The van der Waals surface area contributed by atoms with Crippen LogP contribution in [0.5, 0.6) is 0 Å². The lowest BCUT2D eigenvalue weighted by molar-refractivity contribution is 0.509. The van der Waals surface area contributed by atoms with Crippen molar-refractivity contribution in [2.75, 3.05) is 6.54 Å². The normalized spacial score (nSPS) is 12.7. The van der Waals surface area contributed by atoms with Crippen LogP contribution >= 0.6 is 27.3 Å². The Morgan fingerprint density at radius 3 is 2.55 bits per heavy atom. The standard InChI is InChI=1S/C15H16BrF2NS/c1-4-19-15(12-7-10(16)9(3)20-12)13-11(17)6-5-8(2)14(13)18/h5-7,15,19H,4H2,1-3H3. The summed E-state index contributed by atoms with van der Waals surface area (Å²) in [5, 5.41) is 3.17. The molecule has 1 heterocycles. The molecule has 1 aromatic heterocycles. The lowest BCUT2D eigenvalue weighted by Crippen LogP contribution is -2.23. The monoisotopic (exact) mass is 359 g/mol. The fourth-order valence-corrected chi connectivity index (χ4v) is 3.76. The number of benzene rings is 1. The summed E-state index contributed by atoms with van der Waals surface area (Å²) in [4.78, 5) is 2.00. The van der Waals surface area contributed by atoms with Crippen LogP contribution in [0.25, 0.3) is 0 Å². The van der Waals surface area contributed by atoms with Crippen molar-refractivity contribution in [3.63, 3.8) is 0 Å². The minimum Gasteiger partial charge on any atom is -0.306 e. The fourth-order valence-electron chi connectivity index (χ4n) is 2.12. The van der Waals surface area contributed by atoms with Crippen molar-refractivity contribution >= 4 is 27.3 Å². The Labute approximate surface area is 130 Å². The molecule has 1 N–H and O–H groups in total. The molecule has 0 fully saturated rings. The first kappa shape index (κ1) is 15.6. The molecular weight excluding hydrogens is 344 g/mol. The molecule has 108 valence electrons. The number of halogens is 3. The summed E-state index contributed by atoms with van der Waals surface area (Å²) in [6.07, 6.45) is 0. The number of nitrogens with one attached hydrogen (secondary N) is 1. The predicted octanol–water partition coefficient (Wildman–Crippen LogP) is 5.10. The molecule has 0 amide bonds. The van der Waals surface area contributed by atoms with Crippen molar-refractivity contribution in [3.8, 4) is 0 Å². The highest BCUT2D eigenvalue weighted by atomic mass is 79.9. The molecular formula is C15H16BrF2NS. The molecule has 1 atom stereocenters. The third-order valence-electron chi connectivity index (χ3n) is 3.18. The molecule has 0 aliphatic carbocycles. The van der Waals surface area contributed by atoms with Gasteiger partial charge in [-0.05, 0) is 54.0 Å². The van der Waals surface area contributed by atoms with Gasteiger partial charge in [0.2, 0.25) is 0 Å². The van der Waals surface area contributed by atoms with Crippen LogP contribution in [-0.4, -0.2) is 6.54 Å². The highest BCUT2D eigenvalue weighted by Gasteiger charge is 2.24. The molecule has 0 bridgehead atoms. The summed E-state index contributed by atoms with van der Waals surface area (Å²) in [5.41, 5.74) is 0.553. The number of hydrogen-bond acceptors (Lipinski definition) is 2. The Kier molecular flexibility index (Phi) is 4.94. The Morgan fingerprint density at radius 1 is 1.30 bits per heavy atom. The van der Waals surface area contributed by atoms with E-state index >= 15 is 0 Å². The van der Waals surface area contributed by atoms with Crippen molar-refractivity contribution in [2.45, 2.75) is 26.8 Å². The van der Waals surface area contributed by atoms with Crippen molar-refractivity contribution < 1.29 is 8.78 Å². The Morgan fingerprint density at radius 2 is 2.00 bits per heavy atom. The third-order valence-corrected chi connectivity index (χ3v) is 5.38. The summed E-state index contributed by atoms with van der Waals surface area (Å²) in [6, 6.07) is 4.25. The van der Waals surface area contributed by atoms with Gasteiger partial charge in [-0.25, -0.2) is 8.78 Å². The minimum absolute atomic E-state index is 0.0978. The first-order valence-corrected chi connectivity index (χ1v) is 8.00. The second kappa shape index (κ2) is 6.33. The predicted molar refractivity (Wildman–Crippen MR) is 83.4 cm³/mol. The number of rotatable bonds is 4. The van der Waals surface area contributed by atoms with Crippen LogP contribution < -0.4 is 5.32 Å². The highest BCUT2D eigenvalue weighted by Crippen LogP contribution is 2.36. The van der Waals surface area contributed by atoms with Gasteiger partial charge in [-0.3, -0.25) is 0 Å². The van der Waals surface area contributed by atoms with Crippen LogP contribution in [0.2, 0.25) is 0 Å². The van der Waals surface area contributed by atoms with E-state index in [-0.39, 0.29) is 5.56 Å². The summed E-state index contributed by atoms with van der Waals surface area (Å²) in [7, 11) is 0. The Bertz CT molecular complexity index is 605. The van der Waals surface area contributed by atoms with Gasteiger partial charge in [-0.1, -0.05) is 13.0 Å². The molecule has 0 saturated heterocycles. The molecule has 0 aliphatic heterocycles. The lowest BCUT2D eigenvalue weighted by atomic mass is 10.0. The summed E-state index contributed by atoms with van der Waals surface area (Å²) < 4.78 is 29.4. The maximum atomic E-state index is 14.3. The molecule has 1 nitrogen and oxygen atoms in total. The van der Waals surface area contributed by atoms with E-state index in [4.69, 9.17) is 0 Å². The zero-order valence-corrected chi connectivity index (χ0v) is 14.0. The van der Waals surface area contributed by atoms with Gasteiger partial charge in [0.05, 0.1) is 6.04 Å². The molecule has 1 unspecified atom stereocenters. The Balaban J connectivity index is 2.57. The second-order valence-corrected chi connectivity index (χ2v) is 6.78.